The highest BCUT2D eigenvalue weighted by Gasteiger charge is 2.31. The molecule has 0 saturated heterocycles. The average Bonchev–Trinajstić information content (AvgIpc) is 3.37. The number of ether oxygens (including phenoxy) is 1. The second-order valence-corrected chi connectivity index (χ2v) is 6.30. The van der Waals surface area contributed by atoms with Crippen LogP contribution in [0.15, 0.2) is 17.7 Å². The predicted octanol–water partition coefficient (Wildman–Crippen LogP) is 2.43. The van der Waals surface area contributed by atoms with E-state index in [-0.39, 0.29) is 0 Å². The van der Waals surface area contributed by atoms with Crippen molar-refractivity contribution >= 4 is 22.9 Å². The number of aryl methyl sites for hydroxylation is 1. The average molecular weight is 328 g/mol. The van der Waals surface area contributed by atoms with Gasteiger partial charge in [-0.2, -0.15) is 0 Å². The molecule has 0 spiro atoms. The van der Waals surface area contributed by atoms with Gasteiger partial charge in [0, 0.05) is 13.0 Å². The second-order valence-electron chi connectivity index (χ2n) is 5.50. The third kappa shape index (κ3) is 2.33. The SMILES string of the molecule is COc1ncnc(C2CC2)c1-c1nc(SC)c2c(ncn2C)n1. The van der Waals surface area contributed by atoms with E-state index in [1.54, 1.807) is 31.5 Å². The first-order valence-electron chi connectivity index (χ1n) is 7.35. The van der Waals surface area contributed by atoms with Gasteiger partial charge < -0.3 is 9.30 Å². The van der Waals surface area contributed by atoms with Crippen molar-refractivity contribution in [3.63, 3.8) is 0 Å². The molecule has 0 aromatic carbocycles. The zero-order valence-electron chi connectivity index (χ0n) is 13.1. The van der Waals surface area contributed by atoms with Crippen LogP contribution in [0.2, 0.25) is 0 Å². The molecule has 1 aliphatic carbocycles. The number of imidazole rings is 1. The fourth-order valence-electron chi connectivity index (χ4n) is 2.69. The lowest BCUT2D eigenvalue weighted by Gasteiger charge is -2.11. The highest BCUT2D eigenvalue weighted by molar-refractivity contribution is 7.98. The van der Waals surface area contributed by atoms with Crippen molar-refractivity contribution in [2.24, 2.45) is 7.05 Å². The van der Waals surface area contributed by atoms with Crippen LogP contribution in [-0.2, 0) is 7.05 Å². The number of nitrogens with zero attached hydrogens (tertiary/aromatic N) is 6. The molecular weight excluding hydrogens is 312 g/mol. The van der Waals surface area contributed by atoms with Crippen LogP contribution in [0.25, 0.3) is 22.6 Å². The van der Waals surface area contributed by atoms with Crippen LogP contribution in [0.4, 0.5) is 0 Å². The standard InChI is InChI=1S/C15H16N6OS/c1-21-7-18-13-11(21)15(23-3)20-12(19-13)9-10(8-4-5-8)16-6-17-14(9)22-2/h6-8H,4-5H2,1-3H3. The zero-order valence-corrected chi connectivity index (χ0v) is 14.0. The minimum absolute atomic E-state index is 0.447. The van der Waals surface area contributed by atoms with Crippen LogP contribution in [0.3, 0.4) is 0 Å². The molecule has 3 aromatic heterocycles. The molecule has 4 rings (SSSR count). The molecule has 23 heavy (non-hydrogen) atoms. The van der Waals surface area contributed by atoms with Crippen molar-refractivity contribution in [2.45, 2.75) is 23.8 Å². The Bertz CT molecular complexity index is 889. The van der Waals surface area contributed by atoms with Crippen LogP contribution in [0, 0.1) is 0 Å². The molecule has 7 nitrogen and oxygen atoms in total. The summed E-state index contributed by atoms with van der Waals surface area (Å²) in [6, 6.07) is 0. The van der Waals surface area contributed by atoms with Gasteiger partial charge in [0.1, 0.15) is 22.4 Å². The lowest BCUT2D eigenvalue weighted by Crippen LogP contribution is -2.03. The highest BCUT2D eigenvalue weighted by atomic mass is 32.2. The highest BCUT2D eigenvalue weighted by Crippen LogP contribution is 2.45. The first-order valence-corrected chi connectivity index (χ1v) is 8.57. The molecule has 3 heterocycles. The van der Waals surface area contributed by atoms with Gasteiger partial charge in [0.2, 0.25) is 5.88 Å². The van der Waals surface area contributed by atoms with E-state index in [0.717, 1.165) is 34.6 Å². The molecule has 0 atom stereocenters. The van der Waals surface area contributed by atoms with Crippen LogP contribution >= 0.6 is 11.8 Å². The number of aromatic nitrogens is 6. The van der Waals surface area contributed by atoms with Crippen molar-refractivity contribution < 1.29 is 4.74 Å². The first kappa shape index (κ1) is 14.4. The summed E-state index contributed by atoms with van der Waals surface area (Å²) >= 11 is 1.58. The Morgan fingerprint density at radius 2 is 2.04 bits per heavy atom. The maximum absolute atomic E-state index is 5.45. The molecule has 1 saturated carbocycles. The van der Waals surface area contributed by atoms with Gasteiger partial charge >= 0.3 is 0 Å². The molecule has 118 valence electrons. The van der Waals surface area contributed by atoms with Crippen LogP contribution in [0.5, 0.6) is 5.88 Å². The number of fused-ring (bicyclic) bond motifs is 1. The Balaban J connectivity index is 1.99. The summed E-state index contributed by atoms with van der Waals surface area (Å²) in [5.74, 6) is 1.55. The van der Waals surface area contributed by atoms with Gasteiger partial charge in [-0.05, 0) is 19.1 Å². The lowest BCUT2D eigenvalue weighted by molar-refractivity contribution is 0.397. The summed E-state index contributed by atoms with van der Waals surface area (Å²) in [6.45, 7) is 0. The summed E-state index contributed by atoms with van der Waals surface area (Å²) in [4.78, 5) is 22.4. The Hall–Kier alpha value is -2.22. The summed E-state index contributed by atoms with van der Waals surface area (Å²) in [6.07, 6.45) is 7.57. The van der Waals surface area contributed by atoms with Crippen molar-refractivity contribution in [3.8, 4) is 17.3 Å². The molecule has 1 aliphatic rings. The molecule has 0 unspecified atom stereocenters. The van der Waals surface area contributed by atoms with E-state index < -0.39 is 0 Å². The van der Waals surface area contributed by atoms with Gasteiger partial charge in [0.05, 0.1) is 19.1 Å². The predicted molar refractivity (Wildman–Crippen MR) is 87.6 cm³/mol. The van der Waals surface area contributed by atoms with E-state index in [1.165, 1.54) is 0 Å². The number of rotatable bonds is 4. The molecule has 0 bridgehead atoms. The molecule has 8 heteroatoms. The quantitative estimate of drug-likeness (QED) is 0.537. The molecule has 0 aliphatic heterocycles. The van der Waals surface area contributed by atoms with Gasteiger partial charge in [0.15, 0.2) is 11.5 Å². The number of thioether (sulfide) groups is 1. The van der Waals surface area contributed by atoms with Gasteiger partial charge in [0.25, 0.3) is 0 Å². The van der Waals surface area contributed by atoms with E-state index in [4.69, 9.17) is 9.72 Å². The van der Waals surface area contributed by atoms with Crippen LogP contribution in [0.1, 0.15) is 24.5 Å². The fraction of sp³-hybridized carbons (Fsp3) is 0.400. The summed E-state index contributed by atoms with van der Waals surface area (Å²) < 4.78 is 7.38. The minimum atomic E-state index is 0.447. The number of methoxy groups -OCH3 is 1. The molecule has 0 radical (unpaired) electrons. The normalized spacial score (nSPS) is 14.4. The largest absolute Gasteiger partial charge is 0.480 e. The zero-order chi connectivity index (χ0) is 16.0. The van der Waals surface area contributed by atoms with Gasteiger partial charge in [-0.15, -0.1) is 11.8 Å². The second kappa shape index (κ2) is 5.45. The van der Waals surface area contributed by atoms with Gasteiger partial charge in [-0.1, -0.05) is 0 Å². The number of hydrogen-bond acceptors (Lipinski definition) is 7. The van der Waals surface area contributed by atoms with Crippen LogP contribution in [-0.4, -0.2) is 42.9 Å². The minimum Gasteiger partial charge on any atom is -0.480 e. The topological polar surface area (TPSA) is 78.6 Å². The monoisotopic (exact) mass is 328 g/mol. The third-order valence-corrected chi connectivity index (χ3v) is 4.63. The fourth-order valence-corrected chi connectivity index (χ4v) is 3.29. The van der Waals surface area contributed by atoms with E-state index in [1.807, 2.05) is 17.9 Å². The third-order valence-electron chi connectivity index (χ3n) is 3.96. The van der Waals surface area contributed by atoms with Crippen molar-refractivity contribution in [1.29, 1.82) is 0 Å². The summed E-state index contributed by atoms with van der Waals surface area (Å²) in [7, 11) is 3.55. The Morgan fingerprint density at radius 1 is 1.22 bits per heavy atom. The van der Waals surface area contributed by atoms with Gasteiger partial charge in [-0.3, -0.25) is 0 Å². The van der Waals surface area contributed by atoms with Crippen molar-refractivity contribution in [3.05, 3.63) is 18.3 Å². The lowest BCUT2D eigenvalue weighted by atomic mass is 10.1. The van der Waals surface area contributed by atoms with Gasteiger partial charge in [-0.25, -0.2) is 24.9 Å². The molecule has 0 amide bonds. The molecule has 0 N–H and O–H groups in total. The Kier molecular flexibility index (Phi) is 3.41. The number of hydrogen-bond donors (Lipinski definition) is 0. The van der Waals surface area contributed by atoms with Crippen molar-refractivity contribution in [1.82, 2.24) is 29.5 Å². The Morgan fingerprint density at radius 3 is 2.74 bits per heavy atom. The van der Waals surface area contributed by atoms with E-state index in [0.29, 0.717) is 23.3 Å². The molecule has 3 aromatic rings. The van der Waals surface area contributed by atoms with E-state index >= 15 is 0 Å². The Labute approximate surface area is 137 Å². The van der Waals surface area contributed by atoms with Crippen molar-refractivity contribution in [2.75, 3.05) is 13.4 Å². The first-order chi connectivity index (χ1) is 11.2. The van der Waals surface area contributed by atoms with E-state index in [2.05, 4.69) is 19.9 Å². The molecular formula is C15H16N6OS. The molecule has 1 fully saturated rings. The summed E-state index contributed by atoms with van der Waals surface area (Å²) in [5.41, 5.74) is 3.37. The maximum atomic E-state index is 5.45. The van der Waals surface area contributed by atoms with Crippen LogP contribution < -0.4 is 4.74 Å². The summed E-state index contributed by atoms with van der Waals surface area (Å²) in [5, 5.41) is 0.887. The maximum Gasteiger partial charge on any atom is 0.227 e. The van der Waals surface area contributed by atoms with E-state index in [9.17, 15) is 0 Å². The smallest absolute Gasteiger partial charge is 0.227 e.